The minimum absolute atomic E-state index is 0.0657. The number of rotatable bonds is 5. The van der Waals surface area contributed by atoms with Crippen molar-refractivity contribution in [1.82, 2.24) is 10.2 Å². The molecule has 3 N–H and O–H groups in total. The Kier molecular flexibility index (Phi) is 6.37. The van der Waals surface area contributed by atoms with E-state index >= 15 is 0 Å². The van der Waals surface area contributed by atoms with Crippen LogP contribution in [0.2, 0.25) is 0 Å². The molecular formula is C15H26N2O6. The SMILES string of the molecule is CC(C)(C)OC(=O)N1CCCC(CC(=O)NCCO)(C(=O)O)C1. The van der Waals surface area contributed by atoms with E-state index < -0.39 is 29.0 Å². The van der Waals surface area contributed by atoms with Gasteiger partial charge in [0.15, 0.2) is 0 Å². The number of carbonyl (C=O) groups excluding carboxylic acids is 2. The number of hydrogen-bond acceptors (Lipinski definition) is 5. The van der Waals surface area contributed by atoms with Crippen molar-refractivity contribution in [2.75, 3.05) is 26.2 Å². The monoisotopic (exact) mass is 330 g/mol. The minimum Gasteiger partial charge on any atom is -0.481 e. The Morgan fingerprint density at radius 2 is 1.96 bits per heavy atom. The molecule has 0 aromatic heterocycles. The summed E-state index contributed by atoms with van der Waals surface area (Å²) in [4.78, 5) is 37.1. The molecule has 1 unspecified atom stereocenters. The second-order valence-electron chi connectivity index (χ2n) is 6.84. The maximum atomic E-state index is 12.2. The number of nitrogens with zero attached hydrogens (tertiary/aromatic N) is 1. The molecule has 0 radical (unpaired) electrons. The number of aliphatic hydroxyl groups excluding tert-OH is 1. The average Bonchev–Trinajstić information content (AvgIpc) is 2.43. The number of piperidine rings is 1. The van der Waals surface area contributed by atoms with Crippen LogP contribution < -0.4 is 5.32 Å². The van der Waals surface area contributed by atoms with E-state index in [9.17, 15) is 19.5 Å². The van der Waals surface area contributed by atoms with Gasteiger partial charge in [0, 0.05) is 26.1 Å². The second kappa shape index (κ2) is 7.63. The fourth-order valence-electron chi connectivity index (χ4n) is 2.57. The molecule has 132 valence electrons. The van der Waals surface area contributed by atoms with Crippen LogP contribution in [0, 0.1) is 5.41 Å². The van der Waals surface area contributed by atoms with Gasteiger partial charge in [-0.1, -0.05) is 0 Å². The van der Waals surface area contributed by atoms with Crippen molar-refractivity contribution in [2.45, 2.75) is 45.6 Å². The van der Waals surface area contributed by atoms with Crippen LogP contribution in [0.1, 0.15) is 40.0 Å². The number of nitrogens with one attached hydrogen (secondary N) is 1. The van der Waals surface area contributed by atoms with Crippen LogP contribution in [-0.2, 0) is 14.3 Å². The predicted octanol–water partition coefficient (Wildman–Crippen LogP) is 0.587. The largest absolute Gasteiger partial charge is 0.481 e. The molecule has 0 spiro atoms. The summed E-state index contributed by atoms with van der Waals surface area (Å²) in [6.45, 7) is 5.41. The van der Waals surface area contributed by atoms with Crippen molar-refractivity contribution in [2.24, 2.45) is 5.41 Å². The van der Waals surface area contributed by atoms with Crippen LogP contribution >= 0.6 is 0 Å². The molecule has 8 nitrogen and oxygen atoms in total. The Morgan fingerprint density at radius 1 is 1.30 bits per heavy atom. The first kappa shape index (κ1) is 19.2. The van der Waals surface area contributed by atoms with Gasteiger partial charge in [0.05, 0.1) is 12.0 Å². The molecule has 0 aromatic rings. The third-order valence-corrected chi connectivity index (χ3v) is 3.62. The zero-order valence-corrected chi connectivity index (χ0v) is 13.9. The first-order chi connectivity index (χ1) is 10.6. The average molecular weight is 330 g/mol. The molecule has 2 amide bonds. The zero-order valence-electron chi connectivity index (χ0n) is 13.9. The van der Waals surface area contributed by atoms with Crippen molar-refractivity contribution >= 4 is 18.0 Å². The summed E-state index contributed by atoms with van der Waals surface area (Å²) in [5.74, 6) is -1.56. The van der Waals surface area contributed by atoms with E-state index in [1.165, 1.54) is 4.90 Å². The van der Waals surface area contributed by atoms with E-state index in [4.69, 9.17) is 9.84 Å². The van der Waals surface area contributed by atoms with Gasteiger partial charge in [-0.15, -0.1) is 0 Å². The van der Waals surface area contributed by atoms with Crippen LogP contribution in [0.15, 0.2) is 0 Å². The van der Waals surface area contributed by atoms with Gasteiger partial charge in [-0.2, -0.15) is 0 Å². The summed E-state index contributed by atoms with van der Waals surface area (Å²) in [7, 11) is 0. The number of likely N-dealkylation sites (tertiary alicyclic amines) is 1. The number of aliphatic carboxylic acids is 1. The van der Waals surface area contributed by atoms with E-state index in [0.29, 0.717) is 19.4 Å². The molecule has 0 bridgehead atoms. The Labute approximate surface area is 135 Å². The van der Waals surface area contributed by atoms with Crippen molar-refractivity contribution in [1.29, 1.82) is 0 Å². The van der Waals surface area contributed by atoms with E-state index in [1.807, 2.05) is 0 Å². The summed E-state index contributed by atoms with van der Waals surface area (Å²) in [5, 5.41) is 20.8. The first-order valence-electron chi connectivity index (χ1n) is 7.68. The number of ether oxygens (including phenoxy) is 1. The summed E-state index contributed by atoms with van der Waals surface area (Å²) in [6.07, 6.45) is -0.00663. The van der Waals surface area contributed by atoms with E-state index in [0.717, 1.165) is 0 Å². The number of amides is 2. The van der Waals surface area contributed by atoms with Gasteiger partial charge in [-0.05, 0) is 33.6 Å². The Morgan fingerprint density at radius 3 is 2.48 bits per heavy atom. The summed E-state index contributed by atoms with van der Waals surface area (Å²) in [6, 6.07) is 0. The standard InChI is InChI=1S/C15H26N2O6/c1-14(2,3)23-13(22)17-7-4-5-15(10-17,12(20)21)9-11(19)16-6-8-18/h18H,4-10H2,1-3H3,(H,16,19)(H,20,21). The molecule has 1 fully saturated rings. The van der Waals surface area contributed by atoms with Crippen LogP contribution in [0.5, 0.6) is 0 Å². The molecule has 1 rings (SSSR count). The molecule has 8 heteroatoms. The lowest BCUT2D eigenvalue weighted by molar-refractivity contribution is -0.155. The van der Waals surface area contributed by atoms with Gasteiger partial charge < -0.3 is 25.2 Å². The van der Waals surface area contributed by atoms with Crippen molar-refractivity contribution in [3.8, 4) is 0 Å². The molecule has 23 heavy (non-hydrogen) atoms. The Bertz CT molecular complexity index is 459. The molecule has 0 aromatic carbocycles. The van der Waals surface area contributed by atoms with Gasteiger partial charge in [0.2, 0.25) is 5.91 Å². The van der Waals surface area contributed by atoms with Gasteiger partial charge in [-0.3, -0.25) is 9.59 Å². The van der Waals surface area contributed by atoms with E-state index in [1.54, 1.807) is 20.8 Å². The van der Waals surface area contributed by atoms with Gasteiger partial charge in [0.25, 0.3) is 0 Å². The quantitative estimate of drug-likeness (QED) is 0.679. The Balaban J connectivity index is 2.81. The maximum Gasteiger partial charge on any atom is 0.410 e. The molecule has 1 aliphatic rings. The smallest absolute Gasteiger partial charge is 0.410 e. The van der Waals surface area contributed by atoms with Crippen LogP contribution in [0.25, 0.3) is 0 Å². The third-order valence-electron chi connectivity index (χ3n) is 3.62. The fourth-order valence-corrected chi connectivity index (χ4v) is 2.57. The molecular weight excluding hydrogens is 304 g/mol. The topological polar surface area (TPSA) is 116 Å². The number of carbonyl (C=O) groups is 3. The van der Waals surface area contributed by atoms with E-state index in [-0.39, 0.29) is 26.1 Å². The highest BCUT2D eigenvalue weighted by atomic mass is 16.6. The Hall–Kier alpha value is -1.83. The number of carboxylic acid groups (broad SMARTS) is 1. The van der Waals surface area contributed by atoms with Crippen molar-refractivity contribution < 1.29 is 29.3 Å². The lowest BCUT2D eigenvalue weighted by Crippen LogP contribution is -2.52. The number of carboxylic acids is 1. The molecule has 1 aliphatic heterocycles. The zero-order chi connectivity index (χ0) is 17.7. The van der Waals surface area contributed by atoms with Crippen molar-refractivity contribution in [3.05, 3.63) is 0 Å². The summed E-state index contributed by atoms with van der Waals surface area (Å²) < 4.78 is 5.28. The summed E-state index contributed by atoms with van der Waals surface area (Å²) >= 11 is 0. The van der Waals surface area contributed by atoms with Crippen LogP contribution in [-0.4, -0.2) is 64.9 Å². The number of hydrogen-bond donors (Lipinski definition) is 3. The van der Waals surface area contributed by atoms with Gasteiger partial charge in [-0.25, -0.2) is 4.79 Å². The third kappa shape index (κ3) is 5.70. The van der Waals surface area contributed by atoms with Gasteiger partial charge in [0.1, 0.15) is 5.60 Å². The molecule has 1 heterocycles. The summed E-state index contributed by atoms with van der Waals surface area (Å²) in [5.41, 5.74) is -1.99. The molecule has 0 aliphatic carbocycles. The molecule has 1 saturated heterocycles. The molecule has 0 saturated carbocycles. The normalized spacial score (nSPS) is 21.7. The van der Waals surface area contributed by atoms with Crippen LogP contribution in [0.4, 0.5) is 4.79 Å². The van der Waals surface area contributed by atoms with Gasteiger partial charge >= 0.3 is 12.1 Å². The number of aliphatic hydroxyl groups is 1. The lowest BCUT2D eigenvalue weighted by Gasteiger charge is -2.39. The lowest BCUT2D eigenvalue weighted by atomic mass is 9.77. The van der Waals surface area contributed by atoms with Crippen LogP contribution in [0.3, 0.4) is 0 Å². The second-order valence-corrected chi connectivity index (χ2v) is 6.84. The molecule has 1 atom stereocenters. The minimum atomic E-state index is -1.32. The maximum absolute atomic E-state index is 12.2. The first-order valence-corrected chi connectivity index (χ1v) is 7.68. The highest BCUT2D eigenvalue weighted by Gasteiger charge is 2.45. The highest BCUT2D eigenvalue weighted by molar-refractivity contribution is 5.85. The fraction of sp³-hybridized carbons (Fsp3) is 0.800. The van der Waals surface area contributed by atoms with Crippen molar-refractivity contribution in [3.63, 3.8) is 0 Å². The van der Waals surface area contributed by atoms with E-state index in [2.05, 4.69) is 5.32 Å². The highest BCUT2D eigenvalue weighted by Crippen LogP contribution is 2.34. The predicted molar refractivity (Wildman–Crippen MR) is 81.8 cm³/mol.